The van der Waals surface area contributed by atoms with Crippen LogP contribution in [0.2, 0.25) is 0 Å². The minimum Gasteiger partial charge on any atom is -0.349 e. The lowest BCUT2D eigenvalue weighted by Crippen LogP contribution is -3.13. The molecule has 1 unspecified atom stereocenters. The number of benzene rings is 2. The number of carbonyl (C=O) groups is 1. The summed E-state index contributed by atoms with van der Waals surface area (Å²) in [6.45, 7) is 4.68. The molecule has 2 aromatic rings. The molecule has 2 atom stereocenters. The maximum absolute atomic E-state index is 12.3. The van der Waals surface area contributed by atoms with Crippen molar-refractivity contribution in [2.75, 3.05) is 13.1 Å². The maximum Gasteiger partial charge on any atom is 0.275 e. The van der Waals surface area contributed by atoms with Gasteiger partial charge in [-0.1, -0.05) is 54.6 Å². The molecule has 0 bridgehead atoms. The average Bonchev–Trinajstić information content (AvgIpc) is 2.60. The minimum absolute atomic E-state index is 0.171. The van der Waals surface area contributed by atoms with Crippen LogP contribution in [0.5, 0.6) is 0 Å². The molecule has 0 saturated heterocycles. The van der Waals surface area contributed by atoms with Crippen LogP contribution in [0.25, 0.3) is 0 Å². The highest BCUT2D eigenvalue weighted by molar-refractivity contribution is 5.77. The summed E-state index contributed by atoms with van der Waals surface area (Å²) >= 11 is 0. The molecule has 3 rings (SSSR count). The SMILES string of the molecule is C[C@@H](CCc1ccccc1)NC(=O)C[NH+]1CCc2ccccc2C1. The van der Waals surface area contributed by atoms with Gasteiger partial charge in [-0.2, -0.15) is 0 Å². The largest absolute Gasteiger partial charge is 0.349 e. The molecule has 126 valence electrons. The first-order valence-electron chi connectivity index (χ1n) is 8.94. The molecule has 24 heavy (non-hydrogen) atoms. The van der Waals surface area contributed by atoms with Gasteiger partial charge in [-0.15, -0.1) is 0 Å². The van der Waals surface area contributed by atoms with Crippen molar-refractivity contribution in [2.24, 2.45) is 0 Å². The van der Waals surface area contributed by atoms with Crippen molar-refractivity contribution in [1.82, 2.24) is 5.32 Å². The Balaban J connectivity index is 1.42. The van der Waals surface area contributed by atoms with E-state index in [1.165, 1.54) is 21.6 Å². The molecule has 2 aromatic carbocycles. The van der Waals surface area contributed by atoms with Crippen LogP contribution in [0.15, 0.2) is 54.6 Å². The van der Waals surface area contributed by atoms with E-state index in [-0.39, 0.29) is 11.9 Å². The van der Waals surface area contributed by atoms with Gasteiger partial charge in [0.05, 0.1) is 6.54 Å². The van der Waals surface area contributed by atoms with Crippen molar-refractivity contribution in [3.05, 3.63) is 71.3 Å². The number of quaternary nitrogens is 1. The molecule has 0 radical (unpaired) electrons. The quantitative estimate of drug-likeness (QED) is 0.834. The zero-order valence-electron chi connectivity index (χ0n) is 14.4. The zero-order valence-corrected chi connectivity index (χ0v) is 14.4. The summed E-state index contributed by atoms with van der Waals surface area (Å²) in [6.07, 6.45) is 3.06. The molecule has 1 heterocycles. The van der Waals surface area contributed by atoms with E-state index in [0.29, 0.717) is 6.54 Å². The molecule has 0 fully saturated rings. The number of aryl methyl sites for hydroxylation is 1. The van der Waals surface area contributed by atoms with E-state index in [1.807, 2.05) is 6.07 Å². The van der Waals surface area contributed by atoms with E-state index in [2.05, 4.69) is 60.8 Å². The monoisotopic (exact) mass is 323 g/mol. The van der Waals surface area contributed by atoms with Gasteiger partial charge in [0.1, 0.15) is 6.54 Å². The highest BCUT2D eigenvalue weighted by Crippen LogP contribution is 2.10. The Morgan fingerprint density at radius 2 is 1.79 bits per heavy atom. The first-order chi connectivity index (χ1) is 11.7. The van der Waals surface area contributed by atoms with Crippen molar-refractivity contribution in [1.29, 1.82) is 0 Å². The molecular formula is C21H27N2O+. The van der Waals surface area contributed by atoms with Crippen LogP contribution in [-0.4, -0.2) is 25.0 Å². The molecule has 3 heteroatoms. The third-order valence-corrected chi connectivity index (χ3v) is 4.83. The summed E-state index contributed by atoms with van der Waals surface area (Å²) in [6, 6.07) is 19.3. The third kappa shape index (κ3) is 4.68. The van der Waals surface area contributed by atoms with Gasteiger partial charge < -0.3 is 10.2 Å². The minimum atomic E-state index is 0.171. The van der Waals surface area contributed by atoms with E-state index in [4.69, 9.17) is 0 Å². The van der Waals surface area contributed by atoms with E-state index in [1.54, 1.807) is 0 Å². The highest BCUT2D eigenvalue weighted by Gasteiger charge is 2.21. The second-order valence-corrected chi connectivity index (χ2v) is 6.87. The van der Waals surface area contributed by atoms with E-state index in [9.17, 15) is 4.79 Å². The molecule has 0 saturated carbocycles. The molecular weight excluding hydrogens is 296 g/mol. The summed E-state index contributed by atoms with van der Waals surface area (Å²) in [5, 5.41) is 3.16. The van der Waals surface area contributed by atoms with Gasteiger partial charge >= 0.3 is 0 Å². The molecule has 1 aliphatic rings. The number of carbonyl (C=O) groups excluding carboxylic acids is 1. The number of nitrogens with one attached hydrogen (secondary N) is 2. The molecule has 3 nitrogen and oxygen atoms in total. The summed E-state index contributed by atoms with van der Waals surface area (Å²) in [7, 11) is 0. The first-order valence-corrected chi connectivity index (χ1v) is 8.94. The maximum atomic E-state index is 12.3. The predicted octanol–water partition coefficient (Wildman–Crippen LogP) is 1.77. The van der Waals surface area contributed by atoms with E-state index in [0.717, 1.165) is 32.4 Å². The second kappa shape index (κ2) is 8.11. The molecule has 0 spiro atoms. The summed E-state index contributed by atoms with van der Waals surface area (Å²) in [4.78, 5) is 13.7. The Bertz CT molecular complexity index is 669. The fourth-order valence-corrected chi connectivity index (χ4v) is 3.45. The number of hydrogen-bond acceptors (Lipinski definition) is 1. The van der Waals surface area contributed by atoms with Crippen LogP contribution in [0.3, 0.4) is 0 Å². The lowest BCUT2D eigenvalue weighted by molar-refractivity contribution is -0.908. The first kappa shape index (κ1) is 16.7. The lowest BCUT2D eigenvalue weighted by Gasteiger charge is -2.26. The fourth-order valence-electron chi connectivity index (χ4n) is 3.45. The molecule has 1 aliphatic heterocycles. The van der Waals surface area contributed by atoms with Gasteiger partial charge in [-0.25, -0.2) is 0 Å². The highest BCUT2D eigenvalue weighted by atomic mass is 16.2. The Labute approximate surface area is 144 Å². The van der Waals surface area contributed by atoms with Gasteiger partial charge in [-0.05, 0) is 30.9 Å². The van der Waals surface area contributed by atoms with Gasteiger partial charge in [0.25, 0.3) is 5.91 Å². The van der Waals surface area contributed by atoms with Crippen LogP contribution >= 0.6 is 0 Å². The zero-order chi connectivity index (χ0) is 16.8. The molecule has 1 amide bonds. The number of fused-ring (bicyclic) bond motifs is 1. The fraction of sp³-hybridized carbons (Fsp3) is 0.381. The van der Waals surface area contributed by atoms with Gasteiger partial charge in [0, 0.05) is 18.0 Å². The standard InChI is InChI=1S/C21H26N2O/c1-17(11-12-18-7-3-2-4-8-18)22-21(24)16-23-14-13-19-9-5-6-10-20(19)15-23/h2-10,17H,11-16H2,1H3,(H,22,24)/p+1/t17-/m0/s1. The normalized spacial score (nSPS) is 17.8. The van der Waals surface area contributed by atoms with Crippen LogP contribution in [0.1, 0.15) is 30.0 Å². The number of hydrogen-bond donors (Lipinski definition) is 2. The van der Waals surface area contributed by atoms with Crippen LogP contribution < -0.4 is 10.2 Å². The number of rotatable bonds is 6. The Morgan fingerprint density at radius 3 is 2.58 bits per heavy atom. The summed E-state index contributed by atoms with van der Waals surface area (Å²) in [5.74, 6) is 0.171. The molecule has 2 N–H and O–H groups in total. The van der Waals surface area contributed by atoms with Crippen molar-refractivity contribution in [3.63, 3.8) is 0 Å². The van der Waals surface area contributed by atoms with Crippen molar-refractivity contribution in [3.8, 4) is 0 Å². The van der Waals surface area contributed by atoms with E-state index < -0.39 is 0 Å². The number of amides is 1. The smallest absolute Gasteiger partial charge is 0.275 e. The van der Waals surface area contributed by atoms with Gasteiger partial charge in [-0.3, -0.25) is 4.79 Å². The second-order valence-electron chi connectivity index (χ2n) is 6.87. The predicted molar refractivity (Wildman–Crippen MR) is 96.9 cm³/mol. The summed E-state index contributed by atoms with van der Waals surface area (Å²) in [5.41, 5.74) is 4.17. The Morgan fingerprint density at radius 1 is 1.08 bits per heavy atom. The van der Waals surface area contributed by atoms with Crippen LogP contribution in [0, 0.1) is 0 Å². The lowest BCUT2D eigenvalue weighted by atomic mass is 10.00. The summed E-state index contributed by atoms with van der Waals surface area (Å²) < 4.78 is 0. The molecule has 0 aliphatic carbocycles. The topological polar surface area (TPSA) is 33.5 Å². The van der Waals surface area contributed by atoms with Crippen molar-refractivity contribution in [2.45, 2.75) is 38.8 Å². The Hall–Kier alpha value is -2.13. The molecule has 0 aromatic heterocycles. The Kier molecular flexibility index (Phi) is 5.65. The van der Waals surface area contributed by atoms with Gasteiger partial charge in [0.15, 0.2) is 6.54 Å². The van der Waals surface area contributed by atoms with Crippen molar-refractivity contribution >= 4 is 5.91 Å². The van der Waals surface area contributed by atoms with E-state index >= 15 is 0 Å². The van der Waals surface area contributed by atoms with Crippen LogP contribution in [-0.2, 0) is 24.2 Å². The average molecular weight is 323 g/mol. The van der Waals surface area contributed by atoms with Crippen LogP contribution in [0.4, 0.5) is 0 Å². The van der Waals surface area contributed by atoms with Crippen molar-refractivity contribution < 1.29 is 9.69 Å². The van der Waals surface area contributed by atoms with Gasteiger partial charge in [0.2, 0.25) is 0 Å². The third-order valence-electron chi connectivity index (χ3n) is 4.83.